The smallest absolute Gasteiger partial charge is 0.330 e. The highest BCUT2D eigenvalue weighted by Gasteiger charge is 2.36. The Morgan fingerprint density at radius 3 is 2.67 bits per heavy atom. The molecule has 30 heavy (non-hydrogen) atoms. The molecule has 1 aromatic carbocycles. The molecule has 2 aliphatic rings. The number of hydrogen-bond donors (Lipinski definition) is 4. The van der Waals surface area contributed by atoms with Gasteiger partial charge in [0.2, 0.25) is 0 Å². The summed E-state index contributed by atoms with van der Waals surface area (Å²) in [5.74, 6) is 0.00615. The van der Waals surface area contributed by atoms with E-state index in [4.69, 9.17) is 5.14 Å². The maximum Gasteiger partial charge on any atom is 0.330 e. The second-order valence-electron chi connectivity index (χ2n) is 8.72. The fourth-order valence-electron chi connectivity index (χ4n) is 4.02. The molecule has 8 nitrogen and oxygen atoms in total. The van der Waals surface area contributed by atoms with Crippen LogP contribution in [0.3, 0.4) is 0 Å². The Bertz CT molecular complexity index is 1140. The molecule has 2 aromatic rings. The van der Waals surface area contributed by atoms with E-state index < -0.39 is 21.1 Å². The summed E-state index contributed by atoms with van der Waals surface area (Å²) >= 11 is 0.987. The molecule has 1 aromatic heterocycles. The van der Waals surface area contributed by atoms with E-state index in [0.29, 0.717) is 29.0 Å². The number of hydrogen-bond acceptors (Lipinski definition) is 6. The van der Waals surface area contributed by atoms with Crippen LogP contribution >= 0.6 is 11.3 Å². The summed E-state index contributed by atoms with van der Waals surface area (Å²) in [6.45, 7) is 3.17. The number of nitrogens with zero attached hydrogens (tertiary/aromatic N) is 1. The van der Waals surface area contributed by atoms with Crippen LogP contribution in [-0.2, 0) is 34.3 Å². The number of rotatable bonds is 4. The van der Waals surface area contributed by atoms with E-state index in [1.807, 2.05) is 0 Å². The van der Waals surface area contributed by atoms with Crippen molar-refractivity contribution in [3.05, 3.63) is 39.4 Å². The first kappa shape index (κ1) is 21.1. The lowest BCUT2D eigenvalue weighted by Gasteiger charge is -2.32. The molecule has 0 saturated heterocycles. The molecule has 0 spiro atoms. The molecule has 10 heteroatoms. The summed E-state index contributed by atoms with van der Waals surface area (Å²) in [7, 11) is -4.32. The van der Waals surface area contributed by atoms with E-state index in [2.05, 4.69) is 21.1 Å². The molecule has 0 radical (unpaired) electrons. The third kappa shape index (κ3) is 3.68. The van der Waals surface area contributed by atoms with Gasteiger partial charge in [-0.15, -0.1) is 11.3 Å². The number of aliphatic hydroxyl groups is 1. The summed E-state index contributed by atoms with van der Waals surface area (Å²) in [6.07, 6.45) is 6.38. The Kier molecular flexibility index (Phi) is 4.70. The number of fused-ring (bicyclic) bond motifs is 2. The minimum Gasteiger partial charge on any atom is -0.385 e. The van der Waals surface area contributed by atoms with Gasteiger partial charge in [0.15, 0.2) is 10.1 Å². The predicted octanol–water partition coefficient (Wildman–Crippen LogP) is 2.41. The van der Waals surface area contributed by atoms with Crippen molar-refractivity contribution in [3.63, 3.8) is 0 Å². The fourth-order valence-corrected chi connectivity index (χ4v) is 6.81. The van der Waals surface area contributed by atoms with Crippen molar-refractivity contribution >= 4 is 38.3 Å². The molecule has 4 rings (SSSR count). The van der Waals surface area contributed by atoms with E-state index in [1.54, 1.807) is 13.8 Å². The molecule has 5 N–H and O–H groups in total. The topological polar surface area (TPSA) is 134 Å². The number of aromatic nitrogens is 1. The zero-order valence-corrected chi connectivity index (χ0v) is 18.8. The predicted molar refractivity (Wildman–Crippen MR) is 117 cm³/mol. The summed E-state index contributed by atoms with van der Waals surface area (Å²) in [5.41, 5.74) is 2.97. The minimum absolute atomic E-state index is 0.00615. The van der Waals surface area contributed by atoms with E-state index in [0.717, 1.165) is 47.3 Å². The van der Waals surface area contributed by atoms with Gasteiger partial charge >= 0.3 is 6.03 Å². The highest BCUT2D eigenvalue weighted by molar-refractivity contribution is 8.17. The zero-order valence-electron chi connectivity index (χ0n) is 17.2. The second kappa shape index (κ2) is 6.68. The molecule has 0 bridgehead atoms. The molecule has 0 fully saturated rings. The Hall–Kier alpha value is -2.14. The van der Waals surface area contributed by atoms with E-state index in [-0.39, 0.29) is 10.1 Å². The number of Topliss-reactive ketones (excluding diaryl/α,β-unsaturated/α-hetero) is 1. The molecule has 2 amide bonds. The van der Waals surface area contributed by atoms with Gasteiger partial charge in [0, 0.05) is 24.4 Å². The van der Waals surface area contributed by atoms with Gasteiger partial charge in [0.1, 0.15) is 0 Å². The number of urea groups is 1. The average molecular weight is 451 g/mol. The quantitative estimate of drug-likeness (QED) is 0.567. The monoisotopic (exact) mass is 450 g/mol. The minimum atomic E-state index is -4.32. The number of nitrogens with two attached hydrogens (primary N) is 1. The van der Waals surface area contributed by atoms with Crippen molar-refractivity contribution in [3.8, 4) is 0 Å². The largest absolute Gasteiger partial charge is 0.385 e. The van der Waals surface area contributed by atoms with Crippen LogP contribution in [0, 0.1) is 0 Å². The molecular weight excluding hydrogens is 424 g/mol. The first-order valence-corrected chi connectivity index (χ1v) is 13.0. The lowest BCUT2D eigenvalue weighted by Crippen LogP contribution is -2.57. The van der Waals surface area contributed by atoms with Crippen LogP contribution in [0.2, 0.25) is 0 Å². The van der Waals surface area contributed by atoms with Crippen molar-refractivity contribution < 1.29 is 18.9 Å². The van der Waals surface area contributed by atoms with Crippen LogP contribution in [-0.4, -0.2) is 32.4 Å². The summed E-state index contributed by atoms with van der Waals surface area (Å²) in [5, 5.41) is 19.0. The van der Waals surface area contributed by atoms with Crippen LogP contribution in [0.4, 0.5) is 10.5 Å². The zero-order chi connectivity index (χ0) is 21.9. The highest BCUT2D eigenvalue weighted by atomic mass is 32.3. The molecule has 0 aliphatic heterocycles. The van der Waals surface area contributed by atoms with Crippen LogP contribution in [0.1, 0.15) is 58.6 Å². The van der Waals surface area contributed by atoms with Crippen LogP contribution in [0.5, 0.6) is 0 Å². The van der Waals surface area contributed by atoms with E-state index >= 15 is 0 Å². The van der Waals surface area contributed by atoms with Crippen LogP contribution in [0.25, 0.3) is 0 Å². The van der Waals surface area contributed by atoms with Gasteiger partial charge in [0.25, 0.3) is 0 Å². The number of anilines is 1. The number of ketones is 1. The van der Waals surface area contributed by atoms with Gasteiger partial charge in [-0.05, 0) is 56.2 Å². The Labute approximate surface area is 178 Å². The fraction of sp³-hybridized carbons (Fsp3) is 0.450. The third-order valence-corrected chi connectivity index (χ3v) is 9.75. The molecule has 0 unspecified atom stereocenters. The van der Waals surface area contributed by atoms with Crippen LogP contribution < -0.4 is 15.2 Å². The van der Waals surface area contributed by atoms with Gasteiger partial charge in [-0.1, -0.05) is 6.07 Å². The molecule has 2 aliphatic carbocycles. The SMILES string of the molecule is CC(C)(O)c1cnc(S(C)(N)(=O)NC(=O)Nc2c3c(cc4c2C(=O)CC4)CCC3)s1. The summed E-state index contributed by atoms with van der Waals surface area (Å²) in [4.78, 5) is 29.9. The van der Waals surface area contributed by atoms with Crippen molar-refractivity contribution in [2.45, 2.75) is 55.9 Å². The van der Waals surface area contributed by atoms with Crippen LogP contribution in [0.15, 0.2) is 16.6 Å². The number of nitrogens with one attached hydrogen (secondary N) is 2. The Morgan fingerprint density at radius 2 is 2.00 bits per heavy atom. The van der Waals surface area contributed by atoms with Crippen molar-refractivity contribution in [2.24, 2.45) is 5.14 Å². The van der Waals surface area contributed by atoms with Gasteiger partial charge in [-0.2, -0.15) is 0 Å². The van der Waals surface area contributed by atoms with Gasteiger partial charge in [-0.25, -0.2) is 14.0 Å². The standard InChI is InChI=1S/C20H26N4O4S2/c1-20(2,27)15-10-22-19(29-15)30(3,21,28)24-18(26)23-17-13-6-4-5-11(13)9-12-7-8-14(25)16(12)17/h9-10,27H,4-8H2,1-3H3,(H4,21,23,24,26,28). The normalized spacial score (nSPS) is 17.2. The van der Waals surface area contributed by atoms with Crippen molar-refractivity contribution in [1.29, 1.82) is 0 Å². The number of aryl methyl sites for hydroxylation is 2. The molecule has 1 heterocycles. The Morgan fingerprint density at radius 1 is 1.27 bits per heavy atom. The summed E-state index contributed by atoms with van der Waals surface area (Å²) in [6, 6.07) is 1.33. The third-order valence-electron chi connectivity index (χ3n) is 5.49. The van der Waals surface area contributed by atoms with Gasteiger partial charge in [0.05, 0.1) is 25.6 Å². The first-order valence-electron chi connectivity index (χ1n) is 9.77. The average Bonchev–Trinajstić information content (AvgIpc) is 3.32. The van der Waals surface area contributed by atoms with Crippen molar-refractivity contribution in [2.75, 3.05) is 11.6 Å². The van der Waals surface area contributed by atoms with Crippen molar-refractivity contribution in [1.82, 2.24) is 9.71 Å². The molecular formula is C20H26N4O4S2. The maximum atomic E-state index is 13.5. The highest BCUT2D eigenvalue weighted by Crippen LogP contribution is 2.39. The number of thiazole rings is 1. The number of carbonyl (C=O) groups excluding carboxylic acids is 2. The van der Waals surface area contributed by atoms with E-state index in [9.17, 15) is 18.9 Å². The van der Waals surface area contributed by atoms with E-state index in [1.165, 1.54) is 12.5 Å². The summed E-state index contributed by atoms with van der Waals surface area (Å²) < 4.78 is 15.9. The number of benzene rings is 1. The molecule has 162 valence electrons. The molecule has 0 saturated carbocycles. The first-order chi connectivity index (χ1) is 13.8. The van der Waals surface area contributed by atoms with Gasteiger partial charge in [-0.3, -0.25) is 14.7 Å². The lowest BCUT2D eigenvalue weighted by molar-refractivity contribution is 0.0823. The second-order valence-corrected chi connectivity index (χ2v) is 13.4. The lowest BCUT2D eigenvalue weighted by atomic mass is 9.98. The Balaban J connectivity index is 1.64. The molecule has 0 atom stereocenters. The number of carbonyl (C=O) groups is 2. The number of amides is 2. The van der Waals surface area contributed by atoms with Gasteiger partial charge < -0.3 is 10.4 Å². The maximum absolute atomic E-state index is 13.5.